The van der Waals surface area contributed by atoms with Crippen molar-refractivity contribution >= 4 is 17.7 Å². The summed E-state index contributed by atoms with van der Waals surface area (Å²) in [5.41, 5.74) is 0.437. The number of rotatable bonds is 6. The molecule has 0 bridgehead atoms. The van der Waals surface area contributed by atoms with Gasteiger partial charge in [-0.25, -0.2) is 4.79 Å². The molecule has 0 amide bonds. The van der Waals surface area contributed by atoms with Crippen LogP contribution in [0.1, 0.15) is 21.9 Å². The monoisotopic (exact) mass is 293 g/mol. The van der Waals surface area contributed by atoms with Gasteiger partial charge in [0, 0.05) is 6.54 Å². The van der Waals surface area contributed by atoms with Gasteiger partial charge in [0.25, 0.3) is 0 Å². The molecule has 0 unspecified atom stereocenters. The Morgan fingerprint density at radius 1 is 1.60 bits per heavy atom. The summed E-state index contributed by atoms with van der Waals surface area (Å²) < 4.78 is 12.0. The quantitative estimate of drug-likeness (QED) is 0.463. The zero-order chi connectivity index (χ0) is 14.5. The molecule has 0 aliphatic rings. The molecular weight excluding hydrogens is 278 g/mol. The molecule has 7 heteroatoms. The fourth-order valence-corrected chi connectivity index (χ4v) is 2.63. The molecule has 0 saturated heterocycles. The van der Waals surface area contributed by atoms with Crippen molar-refractivity contribution in [1.29, 1.82) is 0 Å². The Kier molecular flexibility index (Phi) is 4.62. The van der Waals surface area contributed by atoms with Gasteiger partial charge in [0.15, 0.2) is 5.16 Å². The van der Waals surface area contributed by atoms with Gasteiger partial charge in [0.2, 0.25) is 0 Å². The lowest BCUT2D eigenvalue weighted by atomic mass is 10.3. The summed E-state index contributed by atoms with van der Waals surface area (Å²) in [6, 6.07) is 1.60. The zero-order valence-corrected chi connectivity index (χ0v) is 12.1. The summed E-state index contributed by atoms with van der Waals surface area (Å²) in [6.07, 6.45) is 3.26. The second-order valence-corrected chi connectivity index (χ2v) is 4.91. The van der Waals surface area contributed by atoms with Gasteiger partial charge in [-0.2, -0.15) is 0 Å². The van der Waals surface area contributed by atoms with Crippen molar-refractivity contribution in [3.05, 3.63) is 42.1 Å². The van der Waals surface area contributed by atoms with Gasteiger partial charge in [-0.1, -0.05) is 17.8 Å². The number of aromatic nitrogens is 3. The van der Waals surface area contributed by atoms with E-state index in [9.17, 15) is 4.79 Å². The summed E-state index contributed by atoms with van der Waals surface area (Å²) in [4.78, 5) is 11.5. The first-order valence-electron chi connectivity index (χ1n) is 5.95. The van der Waals surface area contributed by atoms with Crippen molar-refractivity contribution in [3.8, 4) is 0 Å². The minimum Gasteiger partial charge on any atom is -0.468 e. The smallest absolute Gasteiger partial charge is 0.341 e. The maximum Gasteiger partial charge on any atom is 0.341 e. The standard InChI is InChI=1S/C13H15N3O3S/c1-4-6-16-9(2)14-15-13(16)20-8-11-10(5-7-19-11)12(17)18-3/h4-5,7H,1,6,8H2,2-3H3. The van der Waals surface area contributed by atoms with Crippen LogP contribution in [-0.4, -0.2) is 27.8 Å². The largest absolute Gasteiger partial charge is 0.468 e. The number of furan rings is 1. The van der Waals surface area contributed by atoms with E-state index in [4.69, 9.17) is 9.15 Å². The number of hydrogen-bond acceptors (Lipinski definition) is 6. The highest BCUT2D eigenvalue weighted by molar-refractivity contribution is 7.98. The van der Waals surface area contributed by atoms with E-state index in [0.717, 1.165) is 11.0 Å². The van der Waals surface area contributed by atoms with Crippen LogP contribution >= 0.6 is 11.8 Å². The van der Waals surface area contributed by atoms with Crippen molar-refractivity contribution in [2.45, 2.75) is 24.4 Å². The van der Waals surface area contributed by atoms with Gasteiger partial charge in [-0.3, -0.25) is 0 Å². The normalized spacial score (nSPS) is 10.5. The van der Waals surface area contributed by atoms with E-state index >= 15 is 0 Å². The molecule has 6 nitrogen and oxygen atoms in total. The van der Waals surface area contributed by atoms with Crippen LogP contribution in [0.25, 0.3) is 0 Å². The Morgan fingerprint density at radius 2 is 2.40 bits per heavy atom. The van der Waals surface area contributed by atoms with Crippen LogP contribution in [0.15, 0.2) is 34.6 Å². The number of carbonyl (C=O) groups is 1. The molecule has 20 heavy (non-hydrogen) atoms. The first kappa shape index (κ1) is 14.4. The molecule has 0 spiro atoms. The summed E-state index contributed by atoms with van der Waals surface area (Å²) in [6.45, 7) is 6.24. The molecule has 0 aromatic carbocycles. The number of esters is 1. The molecule has 0 atom stereocenters. The fourth-order valence-electron chi connectivity index (χ4n) is 1.68. The van der Waals surface area contributed by atoms with Gasteiger partial charge in [0.05, 0.1) is 19.1 Å². The number of ether oxygens (including phenoxy) is 1. The third kappa shape index (κ3) is 2.93. The SMILES string of the molecule is C=CCn1c(C)nnc1SCc1occc1C(=O)OC. The highest BCUT2D eigenvalue weighted by Crippen LogP contribution is 2.24. The molecule has 106 valence electrons. The molecule has 2 aromatic heterocycles. The van der Waals surface area contributed by atoms with Crippen molar-refractivity contribution in [1.82, 2.24) is 14.8 Å². The summed E-state index contributed by atoms with van der Waals surface area (Å²) in [5.74, 6) is 1.46. The topological polar surface area (TPSA) is 70.2 Å². The molecule has 0 aliphatic heterocycles. The number of aryl methyl sites for hydroxylation is 1. The Balaban J connectivity index is 2.11. The van der Waals surface area contributed by atoms with Crippen LogP contribution in [0, 0.1) is 6.92 Å². The Labute approximate surface area is 120 Å². The molecule has 2 heterocycles. The van der Waals surface area contributed by atoms with E-state index in [2.05, 4.69) is 16.8 Å². The second kappa shape index (κ2) is 6.42. The average molecular weight is 293 g/mol. The van der Waals surface area contributed by atoms with Crippen molar-refractivity contribution in [3.63, 3.8) is 0 Å². The third-order valence-electron chi connectivity index (χ3n) is 2.70. The highest BCUT2D eigenvalue weighted by Gasteiger charge is 2.16. The average Bonchev–Trinajstić information content (AvgIpc) is 3.04. The van der Waals surface area contributed by atoms with Gasteiger partial charge < -0.3 is 13.7 Å². The molecular formula is C13H15N3O3S. The van der Waals surface area contributed by atoms with Gasteiger partial charge in [0.1, 0.15) is 17.1 Å². The molecule has 0 radical (unpaired) electrons. The minimum absolute atomic E-state index is 0.405. The van der Waals surface area contributed by atoms with E-state index in [1.807, 2.05) is 11.5 Å². The van der Waals surface area contributed by atoms with Crippen molar-refractivity contribution in [2.24, 2.45) is 0 Å². The van der Waals surface area contributed by atoms with Gasteiger partial charge in [-0.15, -0.1) is 16.8 Å². The molecule has 2 rings (SSSR count). The number of allylic oxidation sites excluding steroid dienone is 1. The molecule has 0 saturated carbocycles. The van der Waals surface area contributed by atoms with E-state index in [1.54, 1.807) is 12.1 Å². The maximum absolute atomic E-state index is 11.5. The van der Waals surface area contributed by atoms with Crippen LogP contribution < -0.4 is 0 Å². The van der Waals surface area contributed by atoms with Crippen LogP contribution in [0.3, 0.4) is 0 Å². The first-order valence-corrected chi connectivity index (χ1v) is 6.94. The summed E-state index contributed by atoms with van der Waals surface area (Å²) in [5, 5.41) is 8.89. The van der Waals surface area contributed by atoms with Gasteiger partial charge in [-0.05, 0) is 13.0 Å². The molecule has 2 aromatic rings. The molecule has 0 aliphatic carbocycles. The van der Waals surface area contributed by atoms with E-state index in [-0.39, 0.29) is 0 Å². The lowest BCUT2D eigenvalue weighted by molar-refractivity contribution is 0.0598. The van der Waals surface area contributed by atoms with E-state index in [1.165, 1.54) is 25.1 Å². The Hall–Kier alpha value is -2.02. The lowest BCUT2D eigenvalue weighted by Gasteiger charge is -2.04. The number of carbonyl (C=O) groups excluding carboxylic acids is 1. The Morgan fingerprint density at radius 3 is 3.10 bits per heavy atom. The number of hydrogen-bond donors (Lipinski definition) is 0. The Bertz CT molecular complexity index is 618. The summed E-state index contributed by atoms with van der Waals surface area (Å²) in [7, 11) is 1.34. The maximum atomic E-state index is 11.5. The minimum atomic E-state index is -0.405. The zero-order valence-electron chi connectivity index (χ0n) is 11.3. The van der Waals surface area contributed by atoms with Crippen LogP contribution in [0.5, 0.6) is 0 Å². The van der Waals surface area contributed by atoms with Gasteiger partial charge >= 0.3 is 5.97 Å². The number of thioether (sulfide) groups is 1. The molecule has 0 N–H and O–H groups in total. The predicted molar refractivity (Wildman–Crippen MR) is 74.6 cm³/mol. The van der Waals surface area contributed by atoms with Crippen LogP contribution in [0.2, 0.25) is 0 Å². The highest BCUT2D eigenvalue weighted by atomic mass is 32.2. The number of methoxy groups -OCH3 is 1. The van der Waals surface area contributed by atoms with E-state index < -0.39 is 5.97 Å². The van der Waals surface area contributed by atoms with Crippen LogP contribution in [0.4, 0.5) is 0 Å². The fraction of sp³-hybridized carbons (Fsp3) is 0.308. The van der Waals surface area contributed by atoms with Crippen molar-refractivity contribution < 1.29 is 13.9 Å². The lowest BCUT2D eigenvalue weighted by Crippen LogP contribution is -2.03. The predicted octanol–water partition coefficient (Wildman–Crippen LogP) is 2.44. The van der Waals surface area contributed by atoms with E-state index in [0.29, 0.717) is 23.6 Å². The second-order valence-electron chi connectivity index (χ2n) is 3.97. The first-order chi connectivity index (χ1) is 9.67. The molecule has 0 fully saturated rings. The van der Waals surface area contributed by atoms with Crippen LogP contribution in [-0.2, 0) is 17.0 Å². The number of nitrogens with zero attached hydrogens (tertiary/aromatic N) is 3. The summed E-state index contributed by atoms with van der Waals surface area (Å²) >= 11 is 1.45. The van der Waals surface area contributed by atoms with Crippen molar-refractivity contribution in [2.75, 3.05) is 7.11 Å². The third-order valence-corrected chi connectivity index (χ3v) is 3.66.